The number of aliphatic carboxylic acids is 2. The van der Waals surface area contributed by atoms with Crippen molar-refractivity contribution in [1.29, 1.82) is 0 Å². The number of carbonyl (C=O) groups is 3. The van der Waals surface area contributed by atoms with Crippen molar-refractivity contribution in [3.63, 3.8) is 0 Å². The summed E-state index contributed by atoms with van der Waals surface area (Å²) in [4.78, 5) is 32.9. The fourth-order valence-electron chi connectivity index (χ4n) is 1.97. The number of allylic oxidation sites excluding steroid dienone is 3. The molecule has 7 heteroatoms. The number of likely N-dealkylation sites (N-methyl/N-ethyl adjacent to an activating group) is 1. The van der Waals surface area contributed by atoms with E-state index in [1.54, 1.807) is 12.2 Å². The standard InChI is InChI=1S/C17H27NO6/c1-18(2,3)13-14(12-16(21)22)24-17(23)11-9-7-5-4-6-8-10-15(19)20/h5-8,14H,4,9-13H2,1-3H3,(H-,19,20,21,22)/p+1/b7-5+,8-6+. The molecule has 0 bridgehead atoms. The number of carboxylic acid groups (broad SMARTS) is 2. The lowest BCUT2D eigenvalue weighted by atomic mass is 10.2. The molecule has 1 unspecified atom stereocenters. The highest BCUT2D eigenvalue weighted by Crippen LogP contribution is 2.07. The third-order valence-electron chi connectivity index (χ3n) is 2.86. The van der Waals surface area contributed by atoms with Gasteiger partial charge < -0.3 is 19.4 Å². The van der Waals surface area contributed by atoms with Crippen LogP contribution >= 0.6 is 0 Å². The molecule has 0 aliphatic carbocycles. The molecule has 0 aliphatic rings. The van der Waals surface area contributed by atoms with E-state index in [0.717, 1.165) is 0 Å². The molecule has 0 heterocycles. The molecule has 0 aromatic carbocycles. The molecule has 0 fully saturated rings. The number of quaternary nitrogens is 1. The SMILES string of the molecule is C[N+](C)(C)CC(CC(=O)O)OC(=O)CC/C=C/C/C=C/CC(=O)O. The van der Waals surface area contributed by atoms with Crippen LogP contribution in [-0.2, 0) is 19.1 Å². The Labute approximate surface area is 142 Å². The van der Waals surface area contributed by atoms with Gasteiger partial charge in [-0.15, -0.1) is 0 Å². The van der Waals surface area contributed by atoms with Crippen molar-refractivity contribution >= 4 is 17.9 Å². The number of rotatable bonds is 12. The molecule has 7 nitrogen and oxygen atoms in total. The number of hydrogen-bond donors (Lipinski definition) is 2. The predicted molar refractivity (Wildman–Crippen MR) is 89.4 cm³/mol. The minimum Gasteiger partial charge on any atom is -0.481 e. The first-order valence-electron chi connectivity index (χ1n) is 7.83. The number of ether oxygens (including phenoxy) is 1. The zero-order chi connectivity index (χ0) is 18.6. The lowest BCUT2D eigenvalue weighted by Crippen LogP contribution is -2.43. The van der Waals surface area contributed by atoms with Crippen molar-refractivity contribution in [2.45, 2.75) is 38.2 Å². The number of carboxylic acids is 2. The van der Waals surface area contributed by atoms with Crippen LogP contribution in [0.5, 0.6) is 0 Å². The van der Waals surface area contributed by atoms with Gasteiger partial charge in [0.1, 0.15) is 6.54 Å². The molecule has 0 saturated heterocycles. The van der Waals surface area contributed by atoms with Gasteiger partial charge >= 0.3 is 17.9 Å². The maximum Gasteiger partial charge on any atom is 0.307 e. The molecule has 0 radical (unpaired) electrons. The minimum atomic E-state index is -0.991. The number of nitrogens with zero attached hydrogens (tertiary/aromatic N) is 1. The van der Waals surface area contributed by atoms with Gasteiger partial charge in [0, 0.05) is 6.42 Å². The lowest BCUT2D eigenvalue weighted by Gasteiger charge is -2.28. The van der Waals surface area contributed by atoms with E-state index >= 15 is 0 Å². The minimum absolute atomic E-state index is 0.00256. The molecule has 0 amide bonds. The second-order valence-corrected chi connectivity index (χ2v) is 6.50. The number of hydrogen-bond acceptors (Lipinski definition) is 4. The molecule has 24 heavy (non-hydrogen) atoms. The van der Waals surface area contributed by atoms with Crippen LogP contribution in [0.2, 0.25) is 0 Å². The molecular weight excluding hydrogens is 314 g/mol. The molecule has 136 valence electrons. The lowest BCUT2D eigenvalue weighted by molar-refractivity contribution is -0.873. The van der Waals surface area contributed by atoms with Crippen molar-refractivity contribution in [2.75, 3.05) is 27.7 Å². The first-order chi connectivity index (χ1) is 11.1. The van der Waals surface area contributed by atoms with Crippen LogP contribution in [0.3, 0.4) is 0 Å². The van der Waals surface area contributed by atoms with Crippen LogP contribution in [0.1, 0.15) is 32.1 Å². The van der Waals surface area contributed by atoms with Crippen molar-refractivity contribution in [1.82, 2.24) is 0 Å². The molecule has 0 rings (SSSR count). The summed E-state index contributed by atoms with van der Waals surface area (Å²) in [5.41, 5.74) is 0. The van der Waals surface area contributed by atoms with E-state index in [9.17, 15) is 14.4 Å². The fraction of sp³-hybridized carbons (Fsp3) is 0.588. The van der Waals surface area contributed by atoms with Crippen LogP contribution in [0.4, 0.5) is 0 Å². The van der Waals surface area contributed by atoms with Gasteiger partial charge in [-0.25, -0.2) is 0 Å². The molecule has 0 spiro atoms. The van der Waals surface area contributed by atoms with Gasteiger partial charge in [0.15, 0.2) is 6.10 Å². The molecular formula is C17H28NO6+. The first kappa shape index (κ1) is 21.9. The monoisotopic (exact) mass is 342 g/mol. The third-order valence-corrected chi connectivity index (χ3v) is 2.86. The zero-order valence-corrected chi connectivity index (χ0v) is 14.6. The smallest absolute Gasteiger partial charge is 0.307 e. The number of carbonyl (C=O) groups excluding carboxylic acids is 1. The van der Waals surface area contributed by atoms with Gasteiger partial charge in [0.05, 0.1) is 34.0 Å². The van der Waals surface area contributed by atoms with Crippen LogP contribution in [0.25, 0.3) is 0 Å². The average molecular weight is 342 g/mol. The predicted octanol–water partition coefficient (Wildman–Crippen LogP) is 1.84. The van der Waals surface area contributed by atoms with Gasteiger partial charge in [-0.1, -0.05) is 24.3 Å². The molecule has 1 atom stereocenters. The third kappa shape index (κ3) is 14.8. The van der Waals surface area contributed by atoms with Crippen LogP contribution in [-0.4, -0.2) is 66.4 Å². The Morgan fingerprint density at radius 3 is 2.17 bits per heavy atom. The summed E-state index contributed by atoms with van der Waals surface area (Å²) in [5, 5.41) is 17.3. The van der Waals surface area contributed by atoms with Gasteiger partial charge in [-0.05, 0) is 12.8 Å². The maximum atomic E-state index is 11.8. The van der Waals surface area contributed by atoms with Gasteiger partial charge in [0.25, 0.3) is 0 Å². The van der Waals surface area contributed by atoms with Gasteiger partial charge in [0.2, 0.25) is 0 Å². The van der Waals surface area contributed by atoms with Gasteiger partial charge in [-0.3, -0.25) is 14.4 Å². The highest BCUT2D eigenvalue weighted by atomic mass is 16.5. The van der Waals surface area contributed by atoms with E-state index in [0.29, 0.717) is 23.9 Å². The van der Waals surface area contributed by atoms with Crippen molar-refractivity contribution in [2.24, 2.45) is 0 Å². The Bertz CT molecular complexity index is 476. The van der Waals surface area contributed by atoms with Crippen LogP contribution in [0.15, 0.2) is 24.3 Å². The summed E-state index contributed by atoms with van der Waals surface area (Å²) in [6.07, 6.45) is 7.41. The molecule has 0 saturated carbocycles. The van der Waals surface area contributed by atoms with Crippen molar-refractivity contribution in [3.8, 4) is 0 Å². The summed E-state index contributed by atoms with van der Waals surface area (Å²) >= 11 is 0. The van der Waals surface area contributed by atoms with E-state index in [1.807, 2.05) is 33.3 Å². The average Bonchev–Trinajstić information content (AvgIpc) is 2.38. The fourth-order valence-corrected chi connectivity index (χ4v) is 1.97. The largest absolute Gasteiger partial charge is 0.481 e. The zero-order valence-electron chi connectivity index (χ0n) is 14.6. The first-order valence-corrected chi connectivity index (χ1v) is 7.83. The van der Waals surface area contributed by atoms with Crippen LogP contribution in [0, 0.1) is 0 Å². The summed E-state index contributed by atoms with van der Waals surface area (Å²) < 4.78 is 5.77. The molecule has 0 aliphatic heterocycles. The normalized spacial score (nSPS) is 13.3. The summed E-state index contributed by atoms with van der Waals surface area (Å²) in [6.45, 7) is 0.433. The molecule has 0 aromatic rings. The maximum absolute atomic E-state index is 11.8. The van der Waals surface area contributed by atoms with E-state index in [2.05, 4.69) is 0 Å². The Morgan fingerprint density at radius 1 is 1.00 bits per heavy atom. The highest BCUT2D eigenvalue weighted by molar-refractivity contribution is 5.71. The highest BCUT2D eigenvalue weighted by Gasteiger charge is 2.24. The van der Waals surface area contributed by atoms with E-state index < -0.39 is 24.0 Å². The topological polar surface area (TPSA) is 101 Å². The van der Waals surface area contributed by atoms with Gasteiger partial charge in [-0.2, -0.15) is 0 Å². The second-order valence-electron chi connectivity index (χ2n) is 6.50. The van der Waals surface area contributed by atoms with E-state index in [-0.39, 0.29) is 19.3 Å². The van der Waals surface area contributed by atoms with Crippen molar-refractivity contribution < 1.29 is 33.8 Å². The molecule has 0 aromatic heterocycles. The Hall–Kier alpha value is -2.15. The summed E-state index contributed by atoms with van der Waals surface area (Å²) in [5.74, 6) is -2.28. The quantitative estimate of drug-likeness (QED) is 0.319. The van der Waals surface area contributed by atoms with E-state index in [4.69, 9.17) is 14.9 Å². The van der Waals surface area contributed by atoms with Crippen LogP contribution < -0.4 is 0 Å². The Kier molecular flexibility index (Phi) is 10.4. The number of esters is 1. The van der Waals surface area contributed by atoms with Crippen molar-refractivity contribution in [3.05, 3.63) is 24.3 Å². The molecule has 2 N–H and O–H groups in total. The van der Waals surface area contributed by atoms with E-state index in [1.165, 1.54) is 0 Å². The summed E-state index contributed by atoms with van der Waals surface area (Å²) in [7, 11) is 5.72. The summed E-state index contributed by atoms with van der Waals surface area (Å²) in [6, 6.07) is 0. The second kappa shape index (κ2) is 11.4. The Morgan fingerprint density at radius 2 is 1.62 bits per heavy atom. The Balaban J connectivity index is 4.13.